The van der Waals surface area contributed by atoms with Gasteiger partial charge in [0.1, 0.15) is 23.3 Å². The Labute approximate surface area is 227 Å². The van der Waals surface area contributed by atoms with E-state index in [9.17, 15) is 38.4 Å². The predicted molar refractivity (Wildman–Crippen MR) is 146 cm³/mol. The molecule has 4 aromatic heterocycles. The second-order valence-corrected chi connectivity index (χ2v) is 9.57. The van der Waals surface area contributed by atoms with Crippen molar-refractivity contribution in [1.82, 2.24) is 39.9 Å². The predicted octanol–water partition coefficient (Wildman–Crippen LogP) is -2.33. The van der Waals surface area contributed by atoms with E-state index in [-0.39, 0.29) is 45.5 Å². The summed E-state index contributed by atoms with van der Waals surface area (Å²) in [4.78, 5) is 119. The second kappa shape index (κ2) is 8.52. The van der Waals surface area contributed by atoms with Gasteiger partial charge in [0.05, 0.1) is 34.1 Å². The van der Waals surface area contributed by atoms with Crippen molar-refractivity contribution in [3.8, 4) is 0 Å². The molecule has 10 N–H and O–H groups in total. The lowest BCUT2D eigenvalue weighted by Crippen LogP contribution is -2.38. The van der Waals surface area contributed by atoms with Gasteiger partial charge in [0.15, 0.2) is 0 Å². The minimum Gasteiger partial charge on any atom is -0.327 e. The zero-order valence-electron chi connectivity index (χ0n) is 20.7. The molecule has 0 amide bonds. The van der Waals surface area contributed by atoms with Crippen molar-refractivity contribution in [2.75, 3.05) is 10.6 Å². The maximum Gasteiger partial charge on any atom is 0.327 e. The average Bonchev–Trinajstić information content (AvgIpc) is 2.90. The monoisotopic (exact) mass is 572 g/mol. The van der Waals surface area contributed by atoms with Crippen LogP contribution in [0.25, 0.3) is 0 Å². The van der Waals surface area contributed by atoms with Crippen LogP contribution in [0.15, 0.2) is 62.6 Å². The number of rotatable bonds is 2. The Bertz CT molecular complexity index is 2160. The van der Waals surface area contributed by atoms with Gasteiger partial charge in [-0.2, -0.15) is 0 Å². The van der Waals surface area contributed by atoms with E-state index in [2.05, 4.69) is 50.5 Å². The molecule has 0 fully saturated rings. The SMILES string of the molecule is O=c1[nH]c2c(c(=O)[nH]1)C(c1cccc(C3c4c([nH]c(=O)[nH]c4=O)Nc4[nH]c(=O)[nH]c(=O)c43)c1)c1c([nH]c(=O)[nH]c1=O)N2. The molecule has 42 heavy (non-hydrogen) atoms. The molecule has 0 unspecified atom stereocenters. The maximum absolute atomic E-state index is 13.1. The summed E-state index contributed by atoms with van der Waals surface area (Å²) in [6.45, 7) is 0. The molecule has 6 heterocycles. The third-order valence-electron chi connectivity index (χ3n) is 7.15. The molecular weight excluding hydrogens is 556 g/mol. The van der Waals surface area contributed by atoms with E-state index in [4.69, 9.17) is 0 Å². The number of aromatic amines is 8. The lowest BCUT2D eigenvalue weighted by molar-refractivity contribution is 0.827. The van der Waals surface area contributed by atoms with E-state index in [0.29, 0.717) is 11.1 Å². The summed E-state index contributed by atoms with van der Waals surface area (Å²) in [5.41, 5.74) is -6.18. The highest BCUT2D eigenvalue weighted by molar-refractivity contribution is 5.71. The first kappa shape index (κ1) is 24.6. The first-order chi connectivity index (χ1) is 20.1. The number of H-pyrrole nitrogens is 8. The second-order valence-electron chi connectivity index (χ2n) is 9.57. The summed E-state index contributed by atoms with van der Waals surface area (Å²) in [7, 11) is 0. The Morgan fingerprint density at radius 2 is 0.690 bits per heavy atom. The van der Waals surface area contributed by atoms with Crippen LogP contribution in [0.1, 0.15) is 45.2 Å². The van der Waals surface area contributed by atoms with Crippen LogP contribution in [0, 0.1) is 0 Å². The molecule has 0 atom stereocenters. The van der Waals surface area contributed by atoms with Crippen molar-refractivity contribution >= 4 is 23.3 Å². The Morgan fingerprint density at radius 1 is 0.405 bits per heavy atom. The lowest BCUT2D eigenvalue weighted by Gasteiger charge is -2.29. The van der Waals surface area contributed by atoms with Crippen LogP contribution in [0.3, 0.4) is 0 Å². The molecule has 0 radical (unpaired) electrons. The lowest BCUT2D eigenvalue weighted by atomic mass is 9.80. The highest BCUT2D eigenvalue weighted by Crippen LogP contribution is 2.42. The van der Waals surface area contributed by atoms with Crippen LogP contribution in [0.2, 0.25) is 0 Å². The molecule has 7 rings (SSSR count). The van der Waals surface area contributed by atoms with Crippen LogP contribution in [-0.4, -0.2) is 39.9 Å². The van der Waals surface area contributed by atoms with Crippen LogP contribution in [0.4, 0.5) is 23.3 Å². The van der Waals surface area contributed by atoms with E-state index >= 15 is 0 Å². The number of hydrogen-bond donors (Lipinski definition) is 10. The molecular formula is C24H16N10O8. The summed E-state index contributed by atoms with van der Waals surface area (Å²) in [6.07, 6.45) is 0. The summed E-state index contributed by atoms with van der Waals surface area (Å²) in [5, 5.41) is 5.43. The van der Waals surface area contributed by atoms with Crippen LogP contribution in [-0.2, 0) is 0 Å². The van der Waals surface area contributed by atoms with Gasteiger partial charge in [-0.15, -0.1) is 0 Å². The molecule has 0 saturated heterocycles. The van der Waals surface area contributed by atoms with Crippen LogP contribution < -0.4 is 55.6 Å². The molecule has 0 spiro atoms. The van der Waals surface area contributed by atoms with Gasteiger partial charge in [-0.05, 0) is 11.1 Å². The maximum atomic E-state index is 13.1. The average molecular weight is 572 g/mol. The fraction of sp³-hybridized carbons (Fsp3) is 0.0833. The number of hydrogen-bond acceptors (Lipinski definition) is 10. The number of benzene rings is 1. The molecule has 18 nitrogen and oxygen atoms in total. The van der Waals surface area contributed by atoms with Crippen LogP contribution >= 0.6 is 0 Å². The van der Waals surface area contributed by atoms with E-state index in [1.165, 1.54) is 6.07 Å². The normalized spacial score (nSPS) is 13.7. The molecule has 5 aromatic rings. The third kappa shape index (κ3) is 3.58. The summed E-state index contributed by atoms with van der Waals surface area (Å²) in [6, 6.07) is 6.21. The summed E-state index contributed by atoms with van der Waals surface area (Å²) in [5.74, 6) is -2.55. The Balaban J connectivity index is 1.52. The van der Waals surface area contributed by atoms with E-state index in [1.54, 1.807) is 18.2 Å². The molecule has 2 aliphatic rings. The number of fused-ring (bicyclic) bond motifs is 4. The molecule has 0 bridgehead atoms. The van der Waals surface area contributed by atoms with Gasteiger partial charge in [-0.3, -0.25) is 59.0 Å². The Morgan fingerprint density at radius 3 is 0.976 bits per heavy atom. The van der Waals surface area contributed by atoms with Gasteiger partial charge in [-0.1, -0.05) is 24.3 Å². The quantitative estimate of drug-likeness (QED) is 0.105. The summed E-state index contributed by atoms with van der Waals surface area (Å²) < 4.78 is 0. The highest BCUT2D eigenvalue weighted by Gasteiger charge is 2.37. The first-order valence-electron chi connectivity index (χ1n) is 12.2. The Kier molecular flexibility index (Phi) is 4.98. The smallest absolute Gasteiger partial charge is 0.327 e. The minimum absolute atomic E-state index is 0.0488. The number of anilines is 4. The van der Waals surface area contributed by atoms with Crippen molar-refractivity contribution in [2.24, 2.45) is 0 Å². The van der Waals surface area contributed by atoms with E-state index < -0.39 is 56.8 Å². The largest absolute Gasteiger partial charge is 0.327 e. The molecule has 0 aliphatic carbocycles. The molecule has 1 aromatic carbocycles. The van der Waals surface area contributed by atoms with Crippen molar-refractivity contribution in [3.63, 3.8) is 0 Å². The fourth-order valence-electron chi connectivity index (χ4n) is 5.60. The third-order valence-corrected chi connectivity index (χ3v) is 7.15. The Hall–Kier alpha value is -6.46. The van der Waals surface area contributed by atoms with Gasteiger partial charge in [0, 0.05) is 0 Å². The van der Waals surface area contributed by atoms with Gasteiger partial charge < -0.3 is 10.6 Å². The molecule has 0 saturated carbocycles. The molecule has 210 valence electrons. The van der Waals surface area contributed by atoms with Crippen molar-refractivity contribution in [3.05, 3.63) is 141 Å². The molecule has 18 heteroatoms. The number of aromatic nitrogens is 8. The zero-order chi connectivity index (χ0) is 29.4. The molecule has 2 aliphatic heterocycles. The minimum atomic E-state index is -1.15. The van der Waals surface area contributed by atoms with Crippen molar-refractivity contribution < 1.29 is 0 Å². The van der Waals surface area contributed by atoms with Crippen LogP contribution in [0.5, 0.6) is 0 Å². The van der Waals surface area contributed by atoms with Gasteiger partial charge in [0.2, 0.25) is 0 Å². The van der Waals surface area contributed by atoms with Crippen molar-refractivity contribution in [1.29, 1.82) is 0 Å². The van der Waals surface area contributed by atoms with Gasteiger partial charge in [-0.25, -0.2) is 19.2 Å². The fourth-order valence-corrected chi connectivity index (χ4v) is 5.60. The zero-order valence-corrected chi connectivity index (χ0v) is 20.7. The topological polar surface area (TPSA) is 287 Å². The van der Waals surface area contributed by atoms with Crippen molar-refractivity contribution in [2.45, 2.75) is 11.8 Å². The first-order valence-corrected chi connectivity index (χ1v) is 12.2. The summed E-state index contributed by atoms with van der Waals surface area (Å²) >= 11 is 0. The standard InChI is InChI=1S/C24H16N10O8/c35-17-9-7(10-14(28-22(40)32-18(10)36)25-13(9)27-21(39)31-17)5-2-1-3-6(4-5)8-11-15(29-23(41)33-19(11)37)26-16-12(8)20(38)34-24(42)30-16/h1-4,7-8H,(H5,25,27,28,31,32,35,36,39,40)(H5,26,29,30,33,34,37,38,41,42). The number of nitrogens with one attached hydrogen (secondary N) is 10. The van der Waals surface area contributed by atoms with Gasteiger partial charge >= 0.3 is 22.8 Å². The van der Waals surface area contributed by atoms with Gasteiger partial charge in [0.25, 0.3) is 22.2 Å². The van der Waals surface area contributed by atoms with E-state index in [0.717, 1.165) is 0 Å². The highest BCUT2D eigenvalue weighted by atomic mass is 16.2. The van der Waals surface area contributed by atoms with E-state index in [1.807, 2.05) is 0 Å².